The van der Waals surface area contributed by atoms with Crippen molar-refractivity contribution in [1.29, 1.82) is 0 Å². The first-order valence-electron chi connectivity index (χ1n) is 9.62. The summed E-state index contributed by atoms with van der Waals surface area (Å²) in [6, 6.07) is 6.12. The number of carbonyl (C=O) groups excluding carboxylic acids is 1. The molecule has 3 rings (SSSR count). The van der Waals surface area contributed by atoms with Crippen LogP contribution >= 0.6 is 0 Å². The Hall–Kier alpha value is -2.47. The Labute approximate surface area is 161 Å². The van der Waals surface area contributed by atoms with Crippen LogP contribution in [0.3, 0.4) is 0 Å². The number of nitrogens with zero attached hydrogens (tertiary/aromatic N) is 4. The molecule has 0 radical (unpaired) electrons. The van der Waals surface area contributed by atoms with E-state index in [1.54, 1.807) is 6.33 Å². The molecular formula is C21H29N5O. The van der Waals surface area contributed by atoms with Gasteiger partial charge in [0.15, 0.2) is 0 Å². The summed E-state index contributed by atoms with van der Waals surface area (Å²) in [5, 5.41) is 3.02. The van der Waals surface area contributed by atoms with Gasteiger partial charge in [0.25, 0.3) is 0 Å². The first kappa shape index (κ1) is 19.3. The number of aromatic nitrogens is 2. The molecule has 6 nitrogen and oxygen atoms in total. The number of amides is 1. The molecule has 27 heavy (non-hydrogen) atoms. The first-order valence-corrected chi connectivity index (χ1v) is 9.62. The van der Waals surface area contributed by atoms with E-state index in [2.05, 4.69) is 38.1 Å². The van der Waals surface area contributed by atoms with Gasteiger partial charge in [0, 0.05) is 43.1 Å². The fourth-order valence-corrected chi connectivity index (χ4v) is 3.74. The van der Waals surface area contributed by atoms with Crippen molar-refractivity contribution >= 4 is 17.4 Å². The zero-order valence-electron chi connectivity index (χ0n) is 16.7. The molecular weight excluding hydrogens is 338 g/mol. The number of piperazine rings is 1. The highest BCUT2D eigenvalue weighted by Gasteiger charge is 2.22. The van der Waals surface area contributed by atoms with E-state index in [4.69, 9.17) is 0 Å². The van der Waals surface area contributed by atoms with Gasteiger partial charge >= 0.3 is 0 Å². The maximum Gasteiger partial charge on any atom is 0.238 e. The van der Waals surface area contributed by atoms with E-state index in [1.807, 2.05) is 32.9 Å². The molecule has 1 aliphatic heterocycles. The topological polar surface area (TPSA) is 61.4 Å². The SMILES string of the molecule is CCc1c(C)ncnc1N1CCN(CC(=O)Nc2cc(C)cc(C)c2)CC1. The highest BCUT2D eigenvalue weighted by Crippen LogP contribution is 2.21. The lowest BCUT2D eigenvalue weighted by Gasteiger charge is -2.35. The summed E-state index contributed by atoms with van der Waals surface area (Å²) >= 11 is 0. The van der Waals surface area contributed by atoms with Gasteiger partial charge in [0.1, 0.15) is 12.1 Å². The Kier molecular flexibility index (Phi) is 6.06. The highest BCUT2D eigenvalue weighted by atomic mass is 16.2. The predicted molar refractivity (Wildman–Crippen MR) is 109 cm³/mol. The standard InChI is InChI=1S/C21H29N5O/c1-5-19-17(4)22-14-23-21(19)26-8-6-25(7-9-26)13-20(27)24-18-11-15(2)10-16(3)12-18/h10-12,14H,5-9,13H2,1-4H3,(H,24,27). The van der Waals surface area contributed by atoms with Gasteiger partial charge in [-0.1, -0.05) is 13.0 Å². The van der Waals surface area contributed by atoms with Gasteiger partial charge in [-0.25, -0.2) is 9.97 Å². The molecule has 1 amide bonds. The summed E-state index contributed by atoms with van der Waals surface area (Å²) in [5.74, 6) is 1.09. The van der Waals surface area contributed by atoms with E-state index in [0.717, 1.165) is 60.9 Å². The van der Waals surface area contributed by atoms with Crippen LogP contribution in [-0.2, 0) is 11.2 Å². The second-order valence-corrected chi connectivity index (χ2v) is 7.30. The Morgan fingerprint density at radius 2 is 1.70 bits per heavy atom. The van der Waals surface area contributed by atoms with E-state index in [0.29, 0.717) is 6.54 Å². The van der Waals surface area contributed by atoms with Gasteiger partial charge in [0.2, 0.25) is 5.91 Å². The normalized spacial score (nSPS) is 15.0. The third-order valence-electron chi connectivity index (χ3n) is 5.04. The number of rotatable bonds is 5. The van der Waals surface area contributed by atoms with Crippen molar-refractivity contribution in [1.82, 2.24) is 14.9 Å². The zero-order chi connectivity index (χ0) is 19.4. The summed E-state index contributed by atoms with van der Waals surface area (Å²) in [6.45, 7) is 12.1. The van der Waals surface area contributed by atoms with Crippen molar-refractivity contribution in [2.24, 2.45) is 0 Å². The zero-order valence-corrected chi connectivity index (χ0v) is 16.7. The fourth-order valence-electron chi connectivity index (χ4n) is 3.74. The quantitative estimate of drug-likeness (QED) is 0.880. The summed E-state index contributed by atoms with van der Waals surface area (Å²) in [6.07, 6.45) is 2.58. The smallest absolute Gasteiger partial charge is 0.238 e. The van der Waals surface area contributed by atoms with Gasteiger partial charge in [0.05, 0.1) is 6.54 Å². The van der Waals surface area contributed by atoms with Gasteiger partial charge < -0.3 is 10.2 Å². The number of hydrogen-bond donors (Lipinski definition) is 1. The molecule has 0 spiro atoms. The van der Waals surface area contributed by atoms with Crippen molar-refractivity contribution in [2.45, 2.75) is 34.1 Å². The first-order chi connectivity index (χ1) is 13.0. The molecule has 0 unspecified atom stereocenters. The lowest BCUT2D eigenvalue weighted by molar-refractivity contribution is -0.117. The van der Waals surface area contributed by atoms with Crippen LogP contribution in [0.5, 0.6) is 0 Å². The molecule has 1 aromatic heterocycles. The van der Waals surface area contributed by atoms with E-state index < -0.39 is 0 Å². The van der Waals surface area contributed by atoms with Crippen LogP contribution in [0.25, 0.3) is 0 Å². The van der Waals surface area contributed by atoms with Crippen molar-refractivity contribution in [3.8, 4) is 0 Å². The molecule has 1 aliphatic rings. The number of anilines is 2. The molecule has 2 heterocycles. The minimum atomic E-state index is 0.0422. The summed E-state index contributed by atoms with van der Waals surface area (Å²) < 4.78 is 0. The number of benzene rings is 1. The number of aryl methyl sites for hydroxylation is 3. The van der Waals surface area contributed by atoms with E-state index in [-0.39, 0.29) is 5.91 Å². The van der Waals surface area contributed by atoms with E-state index in [1.165, 1.54) is 5.56 Å². The van der Waals surface area contributed by atoms with E-state index >= 15 is 0 Å². The van der Waals surface area contributed by atoms with Gasteiger partial charge in [-0.15, -0.1) is 0 Å². The molecule has 1 saturated heterocycles. The fraction of sp³-hybridized carbons (Fsp3) is 0.476. The molecule has 144 valence electrons. The Balaban J connectivity index is 1.55. The van der Waals surface area contributed by atoms with Crippen LogP contribution in [0.1, 0.15) is 29.3 Å². The largest absolute Gasteiger partial charge is 0.354 e. The van der Waals surface area contributed by atoms with Gasteiger partial charge in [-0.3, -0.25) is 9.69 Å². The lowest BCUT2D eigenvalue weighted by atomic mass is 10.1. The second kappa shape index (κ2) is 8.48. The maximum absolute atomic E-state index is 12.4. The van der Waals surface area contributed by atoms with Crippen molar-refractivity contribution in [2.75, 3.05) is 42.9 Å². The molecule has 0 bridgehead atoms. The molecule has 0 saturated carbocycles. The Morgan fingerprint density at radius 1 is 1.04 bits per heavy atom. The van der Waals surface area contributed by atoms with Crippen molar-refractivity contribution in [3.63, 3.8) is 0 Å². The van der Waals surface area contributed by atoms with Crippen LogP contribution in [0, 0.1) is 20.8 Å². The van der Waals surface area contributed by atoms with Crippen LogP contribution in [0.2, 0.25) is 0 Å². The predicted octanol–water partition coefficient (Wildman–Crippen LogP) is 2.72. The monoisotopic (exact) mass is 367 g/mol. The number of carbonyl (C=O) groups is 1. The molecule has 1 N–H and O–H groups in total. The maximum atomic E-state index is 12.4. The summed E-state index contributed by atoms with van der Waals surface area (Å²) in [4.78, 5) is 25.7. The summed E-state index contributed by atoms with van der Waals surface area (Å²) in [7, 11) is 0. The van der Waals surface area contributed by atoms with Crippen LogP contribution in [0.4, 0.5) is 11.5 Å². The van der Waals surface area contributed by atoms with Crippen LogP contribution in [0.15, 0.2) is 24.5 Å². The third kappa shape index (κ3) is 4.83. The van der Waals surface area contributed by atoms with Gasteiger partial charge in [-0.2, -0.15) is 0 Å². The lowest BCUT2D eigenvalue weighted by Crippen LogP contribution is -2.49. The molecule has 0 aliphatic carbocycles. The van der Waals surface area contributed by atoms with Crippen LogP contribution < -0.4 is 10.2 Å². The van der Waals surface area contributed by atoms with Crippen LogP contribution in [-0.4, -0.2) is 53.5 Å². The molecule has 2 aromatic rings. The molecule has 1 fully saturated rings. The van der Waals surface area contributed by atoms with E-state index in [9.17, 15) is 4.79 Å². The second-order valence-electron chi connectivity index (χ2n) is 7.30. The third-order valence-corrected chi connectivity index (χ3v) is 5.04. The van der Waals surface area contributed by atoms with Crippen molar-refractivity contribution < 1.29 is 4.79 Å². The average Bonchev–Trinajstić information content (AvgIpc) is 2.61. The minimum absolute atomic E-state index is 0.0422. The Morgan fingerprint density at radius 3 is 2.33 bits per heavy atom. The molecule has 1 aromatic carbocycles. The summed E-state index contributed by atoms with van der Waals surface area (Å²) in [5.41, 5.74) is 5.47. The van der Waals surface area contributed by atoms with Gasteiger partial charge in [-0.05, 0) is 50.5 Å². The highest BCUT2D eigenvalue weighted by molar-refractivity contribution is 5.92. The number of nitrogens with one attached hydrogen (secondary N) is 1. The number of hydrogen-bond acceptors (Lipinski definition) is 5. The average molecular weight is 367 g/mol. The minimum Gasteiger partial charge on any atom is -0.354 e. The van der Waals surface area contributed by atoms with Crippen molar-refractivity contribution in [3.05, 3.63) is 46.9 Å². The molecule has 0 atom stereocenters. The molecule has 6 heteroatoms. The Bertz CT molecular complexity index is 792.